The molecule has 0 spiro atoms. The lowest BCUT2D eigenvalue weighted by Crippen LogP contribution is -2.17. The fraction of sp³-hybridized carbons (Fsp3) is 0.0625. The number of H-pyrrole nitrogens is 1. The number of carbonyl (C=O) groups excluding carboxylic acids is 1. The number of amides is 1. The van der Waals surface area contributed by atoms with Crippen LogP contribution in [-0.4, -0.2) is 22.3 Å². The van der Waals surface area contributed by atoms with Crippen LogP contribution in [0.5, 0.6) is 0 Å². The van der Waals surface area contributed by atoms with Crippen molar-refractivity contribution in [3.05, 3.63) is 65.3 Å². The van der Waals surface area contributed by atoms with Crippen LogP contribution in [0.15, 0.2) is 52.0 Å². The average molecular weight is 312 g/mol. The molecule has 23 heavy (non-hydrogen) atoms. The molecule has 0 saturated heterocycles. The van der Waals surface area contributed by atoms with Gasteiger partial charge in [-0.05, 0) is 36.8 Å². The Bertz CT molecular complexity index is 849. The second kappa shape index (κ2) is 6.27. The second-order valence-corrected chi connectivity index (χ2v) is 4.83. The minimum Gasteiger partial charge on any atom is -0.460 e. The van der Waals surface area contributed by atoms with Crippen molar-refractivity contribution in [2.45, 2.75) is 6.92 Å². The molecule has 0 radical (unpaired) electrons. The topological polar surface area (TPSA) is 83.3 Å². The molecular formula is C16H13FN4O2. The van der Waals surface area contributed by atoms with Crippen molar-refractivity contribution < 1.29 is 13.6 Å². The summed E-state index contributed by atoms with van der Waals surface area (Å²) in [5.74, 6) is 0.575. The van der Waals surface area contributed by atoms with Gasteiger partial charge in [0.2, 0.25) is 0 Å². The number of nitrogens with one attached hydrogen (secondary N) is 2. The smallest absolute Gasteiger partial charge is 0.291 e. The van der Waals surface area contributed by atoms with E-state index in [2.05, 4.69) is 20.7 Å². The summed E-state index contributed by atoms with van der Waals surface area (Å²) in [6.45, 7) is 1.83. The summed E-state index contributed by atoms with van der Waals surface area (Å²) in [7, 11) is 0. The van der Waals surface area contributed by atoms with Crippen molar-refractivity contribution in [1.82, 2.24) is 15.6 Å². The van der Waals surface area contributed by atoms with E-state index in [1.165, 1.54) is 18.3 Å². The van der Waals surface area contributed by atoms with Gasteiger partial charge >= 0.3 is 0 Å². The molecule has 3 rings (SSSR count). The third-order valence-corrected chi connectivity index (χ3v) is 3.07. The predicted octanol–water partition coefficient (Wildman–Crippen LogP) is 2.88. The highest BCUT2D eigenvalue weighted by atomic mass is 19.1. The normalized spacial score (nSPS) is 11.0. The van der Waals surface area contributed by atoms with Crippen molar-refractivity contribution in [2.24, 2.45) is 5.10 Å². The fourth-order valence-electron chi connectivity index (χ4n) is 1.92. The monoisotopic (exact) mass is 312 g/mol. The first-order valence-electron chi connectivity index (χ1n) is 6.83. The summed E-state index contributed by atoms with van der Waals surface area (Å²) >= 11 is 0. The molecule has 0 aliphatic carbocycles. The standard InChI is InChI=1S/C16H13FN4O2/c1-10-2-7-15(23-10)13-8-14(20-19-13)16(22)21-18-9-11-3-5-12(17)6-4-11/h2-9H,1H3,(H,19,20)(H,21,22). The van der Waals surface area contributed by atoms with E-state index in [9.17, 15) is 9.18 Å². The Kier molecular flexibility index (Phi) is 4.01. The molecule has 1 aromatic carbocycles. The molecule has 0 fully saturated rings. The van der Waals surface area contributed by atoms with Gasteiger partial charge in [0.25, 0.3) is 5.91 Å². The van der Waals surface area contributed by atoms with Gasteiger partial charge in [0.05, 0.1) is 6.21 Å². The zero-order chi connectivity index (χ0) is 16.2. The van der Waals surface area contributed by atoms with Gasteiger partial charge < -0.3 is 4.42 Å². The number of rotatable bonds is 4. The molecular weight excluding hydrogens is 299 g/mol. The van der Waals surface area contributed by atoms with Gasteiger partial charge in [0.1, 0.15) is 17.3 Å². The average Bonchev–Trinajstić information content (AvgIpc) is 3.18. The molecule has 0 saturated carbocycles. The highest BCUT2D eigenvalue weighted by Gasteiger charge is 2.12. The number of nitrogens with zero attached hydrogens (tertiary/aromatic N) is 2. The van der Waals surface area contributed by atoms with Gasteiger partial charge in [-0.25, -0.2) is 9.82 Å². The minimum atomic E-state index is -0.464. The van der Waals surface area contributed by atoms with E-state index in [0.717, 1.165) is 5.76 Å². The number of aromatic amines is 1. The third-order valence-electron chi connectivity index (χ3n) is 3.07. The zero-order valence-electron chi connectivity index (χ0n) is 12.2. The van der Waals surface area contributed by atoms with E-state index in [0.29, 0.717) is 17.0 Å². The summed E-state index contributed by atoms with van der Waals surface area (Å²) < 4.78 is 18.2. The summed E-state index contributed by atoms with van der Waals surface area (Å²) in [5, 5.41) is 10.5. The molecule has 2 aromatic heterocycles. The van der Waals surface area contributed by atoms with Crippen LogP contribution in [0, 0.1) is 12.7 Å². The SMILES string of the molecule is Cc1ccc(-c2cc(C(=O)NN=Cc3ccc(F)cc3)n[nH]2)o1. The lowest BCUT2D eigenvalue weighted by Gasteiger charge is -1.95. The maximum atomic E-state index is 12.8. The van der Waals surface area contributed by atoms with Crippen LogP contribution in [-0.2, 0) is 0 Å². The molecule has 0 aliphatic rings. The van der Waals surface area contributed by atoms with Crippen LogP contribution in [0.4, 0.5) is 4.39 Å². The molecule has 6 nitrogen and oxygen atoms in total. The molecule has 0 atom stereocenters. The first-order valence-corrected chi connectivity index (χ1v) is 6.83. The highest BCUT2D eigenvalue weighted by molar-refractivity contribution is 5.93. The number of carbonyl (C=O) groups is 1. The van der Waals surface area contributed by atoms with Crippen molar-refractivity contribution in [2.75, 3.05) is 0 Å². The summed E-state index contributed by atoms with van der Waals surface area (Å²) in [4.78, 5) is 11.9. The molecule has 7 heteroatoms. The van der Waals surface area contributed by atoms with Crippen molar-refractivity contribution in [3.63, 3.8) is 0 Å². The Morgan fingerprint density at radius 3 is 2.78 bits per heavy atom. The van der Waals surface area contributed by atoms with Crippen molar-refractivity contribution in [1.29, 1.82) is 0 Å². The number of hydrazone groups is 1. The van der Waals surface area contributed by atoms with Gasteiger partial charge in [-0.1, -0.05) is 12.1 Å². The van der Waals surface area contributed by atoms with Crippen molar-refractivity contribution >= 4 is 12.1 Å². The zero-order valence-corrected chi connectivity index (χ0v) is 12.2. The second-order valence-electron chi connectivity index (χ2n) is 4.83. The number of aryl methyl sites for hydroxylation is 1. The lowest BCUT2D eigenvalue weighted by molar-refractivity contribution is 0.0950. The molecule has 1 amide bonds. The summed E-state index contributed by atoms with van der Waals surface area (Å²) in [6, 6.07) is 10.9. The highest BCUT2D eigenvalue weighted by Crippen LogP contribution is 2.20. The number of benzene rings is 1. The molecule has 0 unspecified atom stereocenters. The number of furan rings is 1. The number of hydrogen-bond acceptors (Lipinski definition) is 4. The quantitative estimate of drug-likeness (QED) is 0.574. The van der Waals surface area contributed by atoms with E-state index in [4.69, 9.17) is 4.42 Å². The molecule has 2 N–H and O–H groups in total. The Labute approximate surface area is 131 Å². The minimum absolute atomic E-state index is 0.185. The molecule has 116 valence electrons. The van der Waals surface area contributed by atoms with Gasteiger partial charge in [-0.2, -0.15) is 10.2 Å². The maximum absolute atomic E-state index is 12.8. The van der Waals surface area contributed by atoms with Gasteiger partial charge in [-0.15, -0.1) is 0 Å². The largest absolute Gasteiger partial charge is 0.460 e. The number of halogens is 1. The number of hydrogen-bond donors (Lipinski definition) is 2. The van der Waals surface area contributed by atoms with Crippen molar-refractivity contribution in [3.8, 4) is 11.5 Å². The molecule has 2 heterocycles. The third kappa shape index (κ3) is 3.52. The Morgan fingerprint density at radius 2 is 2.09 bits per heavy atom. The van der Waals surface area contributed by atoms with Gasteiger partial charge in [-0.3, -0.25) is 9.89 Å². The van der Waals surface area contributed by atoms with Crippen LogP contribution >= 0.6 is 0 Å². The van der Waals surface area contributed by atoms with E-state index in [-0.39, 0.29) is 11.5 Å². The Morgan fingerprint density at radius 1 is 1.30 bits per heavy atom. The summed E-state index contributed by atoms with van der Waals surface area (Å²) in [6.07, 6.45) is 1.42. The van der Waals surface area contributed by atoms with E-state index in [1.54, 1.807) is 24.3 Å². The molecule has 3 aromatic rings. The molecule has 0 bridgehead atoms. The maximum Gasteiger partial charge on any atom is 0.291 e. The predicted molar refractivity (Wildman–Crippen MR) is 82.5 cm³/mol. The van der Waals surface area contributed by atoms with E-state index >= 15 is 0 Å². The Balaban J connectivity index is 1.64. The van der Waals surface area contributed by atoms with Gasteiger partial charge in [0.15, 0.2) is 11.5 Å². The van der Waals surface area contributed by atoms with Crippen LogP contribution < -0.4 is 5.43 Å². The first kappa shape index (κ1) is 14.7. The van der Waals surface area contributed by atoms with Crippen LogP contribution in [0.25, 0.3) is 11.5 Å². The van der Waals surface area contributed by atoms with Crippen LogP contribution in [0.3, 0.4) is 0 Å². The van der Waals surface area contributed by atoms with E-state index in [1.807, 2.05) is 13.0 Å². The van der Waals surface area contributed by atoms with Crippen LogP contribution in [0.2, 0.25) is 0 Å². The summed E-state index contributed by atoms with van der Waals surface area (Å²) in [5.41, 5.74) is 3.81. The first-order chi connectivity index (χ1) is 11.1. The van der Waals surface area contributed by atoms with Gasteiger partial charge in [0, 0.05) is 6.07 Å². The number of aromatic nitrogens is 2. The fourth-order valence-corrected chi connectivity index (χ4v) is 1.92. The lowest BCUT2D eigenvalue weighted by atomic mass is 10.2. The van der Waals surface area contributed by atoms with E-state index < -0.39 is 5.91 Å². The Hall–Kier alpha value is -3.22. The van der Waals surface area contributed by atoms with Crippen LogP contribution in [0.1, 0.15) is 21.8 Å². The molecule has 0 aliphatic heterocycles.